The molecule has 0 spiro atoms. The molecule has 1 amide bonds. The molecule has 5 heteroatoms. The van der Waals surface area contributed by atoms with Crippen molar-refractivity contribution < 1.29 is 14.7 Å². The fraction of sp³-hybridized carbons (Fsp3) is 0.667. The molecule has 0 radical (unpaired) electrons. The zero-order valence-corrected chi connectivity index (χ0v) is 6.93. The van der Waals surface area contributed by atoms with Crippen LogP contribution in [0.3, 0.4) is 0 Å². The number of aliphatic carboxylic acids is 1. The van der Waals surface area contributed by atoms with Gasteiger partial charge in [-0.3, -0.25) is 4.79 Å². The van der Waals surface area contributed by atoms with Gasteiger partial charge in [-0.15, -0.1) is 11.8 Å². The van der Waals surface area contributed by atoms with Crippen molar-refractivity contribution in [1.82, 2.24) is 4.90 Å². The van der Waals surface area contributed by atoms with E-state index < -0.39 is 11.3 Å². The van der Waals surface area contributed by atoms with Crippen LogP contribution < -0.4 is 0 Å². The minimum atomic E-state index is -0.928. The van der Waals surface area contributed by atoms with Crippen LogP contribution in [0.2, 0.25) is 0 Å². The van der Waals surface area contributed by atoms with E-state index in [0.717, 1.165) is 5.75 Å². The molecule has 1 aliphatic rings. The first kappa shape index (κ1) is 8.39. The summed E-state index contributed by atoms with van der Waals surface area (Å²) in [7, 11) is 0. The Bertz CT molecular complexity index is 174. The highest BCUT2D eigenvalue weighted by Crippen LogP contribution is 2.23. The Kier molecular flexibility index (Phi) is 2.38. The molecule has 1 aliphatic heterocycles. The third kappa shape index (κ3) is 1.65. The Morgan fingerprint density at radius 3 is 2.64 bits per heavy atom. The number of carbonyl (C=O) groups is 2. The summed E-state index contributed by atoms with van der Waals surface area (Å²) in [5.41, 5.74) is 0. The molecule has 1 fully saturated rings. The molecule has 0 aromatic heterocycles. The quantitative estimate of drug-likeness (QED) is 0.609. The summed E-state index contributed by atoms with van der Waals surface area (Å²) >= 11 is 1.29. The van der Waals surface area contributed by atoms with Crippen molar-refractivity contribution in [2.24, 2.45) is 0 Å². The largest absolute Gasteiger partial charge is 0.479 e. The molecule has 0 bridgehead atoms. The van der Waals surface area contributed by atoms with Gasteiger partial charge in [0.2, 0.25) is 5.91 Å². The van der Waals surface area contributed by atoms with Crippen LogP contribution in [0.5, 0.6) is 0 Å². The topological polar surface area (TPSA) is 57.6 Å². The number of amides is 1. The van der Waals surface area contributed by atoms with Gasteiger partial charge in [-0.05, 0) is 0 Å². The van der Waals surface area contributed by atoms with Gasteiger partial charge in [0.15, 0.2) is 5.37 Å². The maximum Gasteiger partial charge on any atom is 0.337 e. The molecule has 1 atom stereocenters. The van der Waals surface area contributed by atoms with Crippen LogP contribution in [0.15, 0.2) is 0 Å². The summed E-state index contributed by atoms with van der Waals surface area (Å²) in [6.07, 6.45) is 0. The van der Waals surface area contributed by atoms with Gasteiger partial charge in [-0.2, -0.15) is 0 Å². The minimum Gasteiger partial charge on any atom is -0.479 e. The SMILES string of the molecule is CC(=O)N1CCS[C@H]1C(=O)O. The molecule has 0 saturated carbocycles. The van der Waals surface area contributed by atoms with Gasteiger partial charge >= 0.3 is 5.97 Å². The maximum absolute atomic E-state index is 10.8. The van der Waals surface area contributed by atoms with Crippen LogP contribution in [0, 0.1) is 0 Å². The molecule has 0 aromatic carbocycles. The first-order valence-electron chi connectivity index (χ1n) is 3.24. The third-order valence-corrected chi connectivity index (χ3v) is 2.70. The average molecular weight is 175 g/mol. The van der Waals surface area contributed by atoms with E-state index in [9.17, 15) is 9.59 Å². The van der Waals surface area contributed by atoms with E-state index in [1.165, 1.54) is 23.6 Å². The summed E-state index contributed by atoms with van der Waals surface area (Å²) in [4.78, 5) is 22.7. The van der Waals surface area contributed by atoms with Gasteiger partial charge in [0.25, 0.3) is 0 Å². The lowest BCUT2D eigenvalue weighted by molar-refractivity contribution is -0.144. The van der Waals surface area contributed by atoms with Crippen LogP contribution >= 0.6 is 11.8 Å². The van der Waals surface area contributed by atoms with Crippen LogP contribution in [0.25, 0.3) is 0 Å². The molecule has 1 heterocycles. The zero-order chi connectivity index (χ0) is 8.43. The Morgan fingerprint density at radius 2 is 2.27 bits per heavy atom. The van der Waals surface area contributed by atoms with Crippen LogP contribution in [0.4, 0.5) is 0 Å². The number of carbonyl (C=O) groups excluding carboxylic acids is 1. The predicted octanol–water partition coefficient (Wildman–Crippen LogP) is -0.00760. The smallest absolute Gasteiger partial charge is 0.337 e. The summed E-state index contributed by atoms with van der Waals surface area (Å²) in [5, 5.41) is 7.96. The molecule has 1 N–H and O–H groups in total. The number of carboxylic acid groups (broad SMARTS) is 1. The van der Waals surface area contributed by atoms with E-state index in [2.05, 4.69) is 0 Å². The van der Waals surface area contributed by atoms with Crippen LogP contribution in [-0.4, -0.2) is 39.6 Å². The van der Waals surface area contributed by atoms with Crippen molar-refractivity contribution in [3.8, 4) is 0 Å². The number of hydrogen-bond donors (Lipinski definition) is 1. The van der Waals surface area contributed by atoms with E-state index in [0.29, 0.717) is 6.54 Å². The van der Waals surface area contributed by atoms with Crippen LogP contribution in [-0.2, 0) is 9.59 Å². The molecule has 0 aliphatic carbocycles. The number of rotatable bonds is 1. The Balaban J connectivity index is 2.65. The van der Waals surface area contributed by atoms with Crippen molar-refractivity contribution in [3.63, 3.8) is 0 Å². The van der Waals surface area contributed by atoms with E-state index in [1.807, 2.05) is 0 Å². The molecule has 0 aromatic rings. The first-order valence-corrected chi connectivity index (χ1v) is 4.29. The standard InChI is InChI=1S/C6H9NO3S/c1-4(8)7-2-3-11-5(7)6(9)10/h5H,2-3H2,1H3,(H,9,10)/t5-/m0/s1. The van der Waals surface area contributed by atoms with Gasteiger partial charge < -0.3 is 10.0 Å². The Morgan fingerprint density at radius 1 is 1.64 bits per heavy atom. The number of nitrogens with zero attached hydrogens (tertiary/aromatic N) is 1. The lowest BCUT2D eigenvalue weighted by atomic mass is 10.4. The summed E-state index contributed by atoms with van der Waals surface area (Å²) in [6.45, 7) is 1.94. The molecule has 1 saturated heterocycles. The molecule has 0 unspecified atom stereocenters. The van der Waals surface area contributed by atoms with Crippen molar-refractivity contribution in [3.05, 3.63) is 0 Å². The Hall–Kier alpha value is -0.710. The summed E-state index contributed by atoms with van der Waals surface area (Å²) in [5.74, 6) is -0.374. The second-order valence-corrected chi connectivity index (χ2v) is 3.46. The molecule has 4 nitrogen and oxygen atoms in total. The average Bonchev–Trinajstić information content (AvgIpc) is 2.32. The lowest BCUT2D eigenvalue weighted by Crippen LogP contribution is -2.37. The number of carboxylic acids is 1. The fourth-order valence-corrected chi connectivity index (χ4v) is 2.10. The predicted molar refractivity (Wildman–Crippen MR) is 41.3 cm³/mol. The van der Waals surface area contributed by atoms with Crippen molar-refractivity contribution in [2.45, 2.75) is 12.3 Å². The van der Waals surface area contributed by atoms with Gasteiger partial charge in [0, 0.05) is 19.2 Å². The monoisotopic (exact) mass is 175 g/mol. The minimum absolute atomic E-state index is 0.164. The molecular formula is C6H9NO3S. The van der Waals surface area contributed by atoms with Crippen molar-refractivity contribution in [2.75, 3.05) is 12.3 Å². The van der Waals surface area contributed by atoms with Gasteiger partial charge in [-0.25, -0.2) is 4.79 Å². The molecule has 1 rings (SSSR count). The van der Waals surface area contributed by atoms with E-state index in [-0.39, 0.29) is 5.91 Å². The number of thioether (sulfide) groups is 1. The maximum atomic E-state index is 10.8. The first-order chi connectivity index (χ1) is 5.13. The summed E-state index contributed by atoms with van der Waals surface area (Å²) in [6, 6.07) is 0. The second kappa shape index (κ2) is 3.13. The van der Waals surface area contributed by atoms with Gasteiger partial charge in [0.1, 0.15) is 0 Å². The van der Waals surface area contributed by atoms with E-state index in [1.54, 1.807) is 0 Å². The Labute approximate surface area is 68.6 Å². The van der Waals surface area contributed by atoms with Crippen LogP contribution in [0.1, 0.15) is 6.92 Å². The zero-order valence-electron chi connectivity index (χ0n) is 6.11. The van der Waals surface area contributed by atoms with Gasteiger partial charge in [0.05, 0.1) is 0 Å². The van der Waals surface area contributed by atoms with E-state index >= 15 is 0 Å². The van der Waals surface area contributed by atoms with Crippen molar-refractivity contribution >= 4 is 23.6 Å². The molecule has 62 valence electrons. The summed E-state index contributed by atoms with van der Waals surface area (Å²) < 4.78 is 0. The highest BCUT2D eigenvalue weighted by atomic mass is 32.2. The second-order valence-electron chi connectivity index (χ2n) is 2.27. The highest BCUT2D eigenvalue weighted by Gasteiger charge is 2.32. The van der Waals surface area contributed by atoms with Crippen molar-refractivity contribution in [1.29, 1.82) is 0 Å². The fourth-order valence-electron chi connectivity index (χ4n) is 0.997. The lowest BCUT2D eigenvalue weighted by Gasteiger charge is -2.17. The highest BCUT2D eigenvalue weighted by molar-refractivity contribution is 8.00. The molecular weight excluding hydrogens is 166 g/mol. The normalized spacial score (nSPS) is 23.7. The third-order valence-electron chi connectivity index (χ3n) is 1.51. The number of hydrogen-bond acceptors (Lipinski definition) is 3. The van der Waals surface area contributed by atoms with E-state index in [4.69, 9.17) is 5.11 Å². The molecule has 11 heavy (non-hydrogen) atoms. The van der Waals surface area contributed by atoms with Gasteiger partial charge in [-0.1, -0.05) is 0 Å².